The molecule has 0 aromatic heterocycles. The Balaban J connectivity index is 1.49. The summed E-state index contributed by atoms with van der Waals surface area (Å²) in [5.74, 6) is 2.76. The van der Waals surface area contributed by atoms with Crippen molar-refractivity contribution >= 4 is 11.8 Å². The van der Waals surface area contributed by atoms with Gasteiger partial charge in [-0.15, -0.1) is 0 Å². The Morgan fingerprint density at radius 2 is 2.28 bits per heavy atom. The molecule has 1 aromatic rings. The third kappa shape index (κ3) is 1.70. The first-order valence-corrected chi connectivity index (χ1v) is 7.50. The first-order valence-electron chi connectivity index (χ1n) is 6.56. The summed E-state index contributed by atoms with van der Waals surface area (Å²) in [4.78, 5) is 0. The van der Waals surface area contributed by atoms with Gasteiger partial charge in [-0.1, -0.05) is 6.07 Å². The lowest BCUT2D eigenvalue weighted by atomic mass is 10.00. The number of hydrogen-bond acceptors (Lipinski definition) is 4. The number of fused-ring (bicyclic) bond motifs is 2. The van der Waals surface area contributed by atoms with E-state index in [0.717, 1.165) is 34.3 Å². The third-order valence-corrected chi connectivity index (χ3v) is 6.08. The first-order chi connectivity index (χ1) is 8.85. The molecule has 1 saturated heterocycles. The van der Waals surface area contributed by atoms with Gasteiger partial charge in [0.2, 0.25) is 6.79 Å². The lowest BCUT2D eigenvalue weighted by molar-refractivity contribution is 0.174. The molecule has 0 spiro atoms. The van der Waals surface area contributed by atoms with Crippen LogP contribution >= 0.6 is 11.8 Å². The molecule has 3 aliphatic rings. The second-order valence-electron chi connectivity index (χ2n) is 5.33. The van der Waals surface area contributed by atoms with E-state index in [-0.39, 0.29) is 0 Å². The zero-order chi connectivity index (χ0) is 12.1. The fraction of sp³-hybridized carbons (Fsp3) is 0.571. The molecule has 0 radical (unpaired) electrons. The molecule has 1 aliphatic carbocycles. The Bertz CT molecular complexity index is 479. The van der Waals surface area contributed by atoms with Crippen molar-refractivity contribution in [1.29, 1.82) is 0 Å². The number of ether oxygens (including phenoxy) is 2. The Kier molecular flexibility index (Phi) is 2.49. The zero-order valence-corrected chi connectivity index (χ0v) is 11.2. The van der Waals surface area contributed by atoms with Crippen molar-refractivity contribution in [2.24, 2.45) is 5.92 Å². The topological polar surface area (TPSA) is 30.5 Å². The van der Waals surface area contributed by atoms with E-state index >= 15 is 0 Å². The molecule has 1 aromatic carbocycles. The number of hydrogen-bond donors (Lipinski definition) is 1. The van der Waals surface area contributed by atoms with Crippen molar-refractivity contribution in [2.45, 2.75) is 29.4 Å². The number of nitrogens with one attached hydrogen (secondary N) is 1. The first kappa shape index (κ1) is 11.0. The summed E-state index contributed by atoms with van der Waals surface area (Å²) in [6, 6.07) is 6.89. The molecular formula is C14H17NO2S. The molecule has 96 valence electrons. The van der Waals surface area contributed by atoms with Crippen LogP contribution in [-0.2, 0) is 6.42 Å². The summed E-state index contributed by atoms with van der Waals surface area (Å²) in [6.07, 6.45) is 2.52. The van der Waals surface area contributed by atoms with Gasteiger partial charge in [0, 0.05) is 16.5 Å². The van der Waals surface area contributed by atoms with E-state index in [1.54, 1.807) is 0 Å². The summed E-state index contributed by atoms with van der Waals surface area (Å²) < 4.78 is 10.8. The van der Waals surface area contributed by atoms with Gasteiger partial charge < -0.3 is 14.8 Å². The lowest BCUT2D eigenvalue weighted by Crippen LogP contribution is -2.43. The molecule has 2 aliphatic heterocycles. The van der Waals surface area contributed by atoms with Crippen molar-refractivity contribution in [1.82, 2.24) is 5.32 Å². The van der Waals surface area contributed by atoms with Crippen LogP contribution in [0.15, 0.2) is 18.2 Å². The molecule has 4 atom stereocenters. The van der Waals surface area contributed by atoms with Crippen LogP contribution in [0, 0.1) is 5.92 Å². The minimum atomic E-state index is 0.358. The molecule has 0 amide bonds. The van der Waals surface area contributed by atoms with Crippen LogP contribution in [0.3, 0.4) is 0 Å². The molecule has 18 heavy (non-hydrogen) atoms. The van der Waals surface area contributed by atoms with Gasteiger partial charge in [0.25, 0.3) is 0 Å². The number of rotatable bonds is 4. The monoisotopic (exact) mass is 263 g/mol. The van der Waals surface area contributed by atoms with Gasteiger partial charge in [-0.05, 0) is 43.5 Å². The minimum Gasteiger partial charge on any atom is -0.454 e. The predicted octanol–water partition coefficient (Wildman–Crippen LogP) is 2.05. The maximum atomic E-state index is 5.44. The van der Waals surface area contributed by atoms with Crippen molar-refractivity contribution in [3.8, 4) is 11.5 Å². The second-order valence-corrected chi connectivity index (χ2v) is 6.75. The van der Waals surface area contributed by atoms with Crippen molar-refractivity contribution < 1.29 is 9.47 Å². The fourth-order valence-electron chi connectivity index (χ4n) is 3.00. The Hall–Kier alpha value is -0.870. The molecule has 1 N–H and O–H groups in total. The van der Waals surface area contributed by atoms with E-state index in [2.05, 4.69) is 36.3 Å². The van der Waals surface area contributed by atoms with Gasteiger partial charge in [0.1, 0.15) is 0 Å². The fourth-order valence-corrected chi connectivity index (χ4v) is 4.76. The van der Waals surface area contributed by atoms with Crippen LogP contribution < -0.4 is 14.8 Å². The average molecular weight is 263 g/mol. The van der Waals surface area contributed by atoms with Crippen LogP contribution in [0.4, 0.5) is 0 Å². The highest BCUT2D eigenvalue weighted by atomic mass is 32.2. The van der Waals surface area contributed by atoms with Crippen LogP contribution in [0.5, 0.6) is 11.5 Å². The zero-order valence-electron chi connectivity index (χ0n) is 10.4. The second kappa shape index (κ2) is 4.07. The lowest BCUT2D eigenvalue weighted by Gasteiger charge is -2.32. The smallest absolute Gasteiger partial charge is 0.231 e. The van der Waals surface area contributed by atoms with Crippen LogP contribution in [-0.4, -0.2) is 30.4 Å². The van der Waals surface area contributed by atoms with E-state index < -0.39 is 0 Å². The molecular weight excluding hydrogens is 246 g/mol. The van der Waals surface area contributed by atoms with Gasteiger partial charge >= 0.3 is 0 Å². The quantitative estimate of drug-likeness (QED) is 0.900. The third-order valence-electron chi connectivity index (χ3n) is 4.19. The maximum Gasteiger partial charge on any atom is 0.231 e. The Labute approximate surface area is 111 Å². The van der Waals surface area contributed by atoms with E-state index in [1.807, 2.05) is 6.07 Å². The largest absolute Gasteiger partial charge is 0.454 e. The van der Waals surface area contributed by atoms with E-state index in [9.17, 15) is 0 Å². The summed E-state index contributed by atoms with van der Waals surface area (Å²) in [5, 5.41) is 5.28. The summed E-state index contributed by atoms with van der Waals surface area (Å²) >= 11 is 2.16. The van der Waals surface area contributed by atoms with E-state index in [0.29, 0.717) is 12.8 Å². The molecule has 1 saturated carbocycles. The molecule has 3 nitrogen and oxygen atoms in total. The summed E-state index contributed by atoms with van der Waals surface area (Å²) in [5.41, 5.74) is 1.34. The maximum absolute atomic E-state index is 5.44. The van der Waals surface area contributed by atoms with Crippen molar-refractivity contribution in [3.63, 3.8) is 0 Å². The average Bonchev–Trinajstić information content (AvgIpc) is 2.82. The Morgan fingerprint density at radius 3 is 3.00 bits per heavy atom. The SMILES string of the molecule is CNC(Cc1ccc2c(c1)OCO2)C1SC2CC21. The molecule has 2 heterocycles. The van der Waals surface area contributed by atoms with Crippen molar-refractivity contribution in [3.05, 3.63) is 23.8 Å². The van der Waals surface area contributed by atoms with Crippen LogP contribution in [0.2, 0.25) is 0 Å². The molecule has 0 bridgehead atoms. The summed E-state index contributed by atoms with van der Waals surface area (Å²) in [6.45, 7) is 0.358. The van der Waals surface area contributed by atoms with Crippen molar-refractivity contribution in [2.75, 3.05) is 13.8 Å². The highest BCUT2D eigenvalue weighted by Crippen LogP contribution is 2.61. The van der Waals surface area contributed by atoms with Gasteiger partial charge in [0.15, 0.2) is 11.5 Å². The van der Waals surface area contributed by atoms with E-state index in [1.165, 1.54) is 12.0 Å². The molecule has 4 rings (SSSR count). The standard InChI is InChI=1S/C14H17NO2S/c1-15-10(14-9-6-13(9)18-14)4-8-2-3-11-12(5-8)17-7-16-11/h2-3,5,9-10,13-15H,4,6-7H2,1H3. The van der Waals surface area contributed by atoms with Crippen LogP contribution in [0.1, 0.15) is 12.0 Å². The van der Waals surface area contributed by atoms with Gasteiger partial charge in [-0.2, -0.15) is 11.8 Å². The minimum absolute atomic E-state index is 0.358. The van der Waals surface area contributed by atoms with E-state index in [4.69, 9.17) is 9.47 Å². The number of thioether (sulfide) groups is 1. The number of benzene rings is 1. The highest BCUT2D eigenvalue weighted by molar-refractivity contribution is 8.02. The Morgan fingerprint density at radius 1 is 1.39 bits per heavy atom. The normalized spacial score (nSPS) is 32.6. The summed E-state index contributed by atoms with van der Waals surface area (Å²) in [7, 11) is 2.08. The van der Waals surface area contributed by atoms with Gasteiger partial charge in [0.05, 0.1) is 0 Å². The predicted molar refractivity (Wildman–Crippen MR) is 72.4 cm³/mol. The van der Waals surface area contributed by atoms with Crippen LogP contribution in [0.25, 0.3) is 0 Å². The van der Waals surface area contributed by atoms with Gasteiger partial charge in [-0.25, -0.2) is 0 Å². The molecule has 4 heteroatoms. The highest BCUT2D eigenvalue weighted by Gasteiger charge is 2.56. The van der Waals surface area contributed by atoms with Gasteiger partial charge in [-0.3, -0.25) is 0 Å². The molecule has 2 fully saturated rings. The molecule has 4 unspecified atom stereocenters. The number of likely N-dealkylation sites (N-methyl/N-ethyl adjacent to an activating group) is 1.